The van der Waals surface area contributed by atoms with E-state index in [9.17, 15) is 5.11 Å². The first-order chi connectivity index (χ1) is 17.3. The molecule has 3 rings (SSSR count). The summed E-state index contributed by atoms with van der Waals surface area (Å²) in [4.78, 5) is 0. The number of nitrogens with one attached hydrogen (secondary N) is 2. The van der Waals surface area contributed by atoms with Crippen LogP contribution >= 0.6 is 11.8 Å². The zero-order valence-corrected chi connectivity index (χ0v) is 21.2. The molecular weight excluding hydrogens is 460 g/mol. The van der Waals surface area contributed by atoms with E-state index in [0.717, 1.165) is 29.1 Å². The maximum Gasteiger partial charge on any atom is 0.179 e. The number of thioether (sulfide) groups is 1. The minimum atomic E-state index is -0.684. The molecule has 0 aliphatic rings. The monoisotopic (exact) mass is 496 g/mol. The highest BCUT2D eigenvalue weighted by Crippen LogP contribution is 2.30. The van der Waals surface area contributed by atoms with Crippen LogP contribution in [0.15, 0.2) is 48.6 Å². The Morgan fingerprint density at radius 3 is 2.54 bits per heavy atom. The van der Waals surface area contributed by atoms with Gasteiger partial charge in [0.15, 0.2) is 5.82 Å². The average molecular weight is 497 g/mol. The molecule has 9 nitrogen and oxygen atoms in total. The van der Waals surface area contributed by atoms with Gasteiger partial charge < -0.3 is 5.11 Å². The highest BCUT2D eigenvalue weighted by molar-refractivity contribution is 8.00. The fourth-order valence-electron chi connectivity index (χ4n) is 3.74. The van der Waals surface area contributed by atoms with Crippen molar-refractivity contribution in [3.63, 3.8) is 0 Å². The van der Waals surface area contributed by atoms with Crippen molar-refractivity contribution >= 4 is 11.8 Å². The molecular formula is C25H36N8OS. The first-order valence-corrected chi connectivity index (χ1v) is 13.5. The molecule has 2 aromatic heterocycles. The summed E-state index contributed by atoms with van der Waals surface area (Å²) in [7, 11) is 0. The second-order valence-corrected chi connectivity index (χ2v) is 9.76. The molecule has 1 aromatic carbocycles. The molecule has 0 aliphatic heterocycles. The van der Waals surface area contributed by atoms with Crippen LogP contribution in [0.2, 0.25) is 0 Å². The Bertz CT molecular complexity index is 991. The molecule has 0 amide bonds. The number of aromatic nitrogens is 8. The smallest absolute Gasteiger partial charge is 0.179 e. The van der Waals surface area contributed by atoms with Crippen LogP contribution in [0.3, 0.4) is 0 Å². The summed E-state index contributed by atoms with van der Waals surface area (Å²) in [5.74, 6) is 2.09. The van der Waals surface area contributed by atoms with Gasteiger partial charge in [-0.2, -0.15) is 11.8 Å². The van der Waals surface area contributed by atoms with Crippen molar-refractivity contribution in [2.75, 3.05) is 5.75 Å². The standard InChI is InChI=1S/C25H36N8OS/c1-2-3-4-5-6-7-8-9-10-11-12-16-22(35-18-17-23-26-30-31-27-23)24(34)20-14-13-15-21(19-20)25-28-32-33-29-25/h10-16,19,22,24,34H,2-9,17-18H2,1H3,(H,26,27,30,31)(H,28,29,32,33)/b11-10-,16-12+. The number of hydrogen-bond donors (Lipinski definition) is 3. The minimum Gasteiger partial charge on any atom is -0.387 e. The SMILES string of the molecule is CCCCCCCCC/C=C\C=C\C(SCCc1nnn[nH]1)C(O)c1cccc(-c2nnn[nH]2)c1. The number of aliphatic hydroxyl groups is 1. The van der Waals surface area contributed by atoms with Crippen LogP contribution in [0.5, 0.6) is 0 Å². The van der Waals surface area contributed by atoms with Crippen LogP contribution < -0.4 is 0 Å². The Balaban J connectivity index is 1.54. The molecule has 0 radical (unpaired) electrons. The molecule has 2 atom stereocenters. The number of hydrogen-bond acceptors (Lipinski definition) is 8. The lowest BCUT2D eigenvalue weighted by Gasteiger charge is -2.20. The van der Waals surface area contributed by atoms with Crippen molar-refractivity contribution < 1.29 is 5.11 Å². The Morgan fingerprint density at radius 2 is 1.77 bits per heavy atom. The van der Waals surface area contributed by atoms with Crippen LogP contribution in [0.4, 0.5) is 0 Å². The summed E-state index contributed by atoms with van der Waals surface area (Å²) in [6.07, 6.45) is 18.7. The van der Waals surface area contributed by atoms with Gasteiger partial charge in [-0.25, -0.2) is 10.2 Å². The fraction of sp³-hybridized carbons (Fsp3) is 0.520. The number of aryl methyl sites for hydroxylation is 1. The second kappa shape index (κ2) is 15.9. The third-order valence-corrected chi connectivity index (χ3v) is 6.96. The van der Waals surface area contributed by atoms with Gasteiger partial charge in [-0.05, 0) is 45.3 Å². The van der Waals surface area contributed by atoms with E-state index in [4.69, 9.17) is 0 Å². The quantitative estimate of drug-likeness (QED) is 0.176. The third-order valence-electron chi connectivity index (χ3n) is 5.72. The van der Waals surface area contributed by atoms with Crippen molar-refractivity contribution in [1.29, 1.82) is 0 Å². The van der Waals surface area contributed by atoms with Crippen molar-refractivity contribution in [1.82, 2.24) is 41.2 Å². The number of rotatable bonds is 17. The van der Waals surface area contributed by atoms with Gasteiger partial charge in [0, 0.05) is 17.7 Å². The highest BCUT2D eigenvalue weighted by atomic mass is 32.2. The van der Waals surface area contributed by atoms with E-state index in [2.05, 4.69) is 66.4 Å². The Kier molecular flexibility index (Phi) is 12.2. The fourth-order valence-corrected chi connectivity index (χ4v) is 4.86. The number of benzene rings is 1. The van der Waals surface area contributed by atoms with E-state index >= 15 is 0 Å². The van der Waals surface area contributed by atoms with E-state index in [-0.39, 0.29) is 5.25 Å². The average Bonchev–Trinajstić information content (AvgIpc) is 3.61. The first kappa shape index (κ1) is 26.7. The molecule has 2 unspecified atom stereocenters. The van der Waals surface area contributed by atoms with Crippen LogP contribution in [-0.4, -0.2) is 57.4 Å². The van der Waals surface area contributed by atoms with Crippen molar-refractivity contribution in [2.45, 2.75) is 76.1 Å². The molecule has 2 heterocycles. The molecule has 0 bridgehead atoms. The number of nitrogens with zero attached hydrogens (tertiary/aromatic N) is 6. The van der Waals surface area contributed by atoms with Gasteiger partial charge in [-0.1, -0.05) is 88.0 Å². The number of allylic oxidation sites excluding steroid dienone is 3. The first-order valence-electron chi connectivity index (χ1n) is 12.5. The largest absolute Gasteiger partial charge is 0.387 e. The summed E-state index contributed by atoms with van der Waals surface area (Å²) >= 11 is 1.67. The summed E-state index contributed by atoms with van der Waals surface area (Å²) in [5.41, 5.74) is 1.65. The number of aliphatic hydroxyl groups excluding tert-OH is 1. The maximum atomic E-state index is 11.2. The normalized spacial score (nSPS) is 13.7. The number of tetrazole rings is 2. The Labute approximate surface area is 211 Å². The van der Waals surface area contributed by atoms with Crippen molar-refractivity contribution in [2.24, 2.45) is 0 Å². The molecule has 3 aromatic rings. The summed E-state index contributed by atoms with van der Waals surface area (Å²) in [6.45, 7) is 2.25. The molecule has 35 heavy (non-hydrogen) atoms. The molecule has 188 valence electrons. The third kappa shape index (κ3) is 9.73. The molecule has 0 fully saturated rings. The van der Waals surface area contributed by atoms with Crippen LogP contribution in [-0.2, 0) is 6.42 Å². The van der Waals surface area contributed by atoms with E-state index in [0.29, 0.717) is 12.2 Å². The predicted octanol–water partition coefficient (Wildman–Crippen LogP) is 5.01. The Morgan fingerprint density at radius 1 is 0.971 bits per heavy atom. The lowest BCUT2D eigenvalue weighted by Crippen LogP contribution is -2.14. The van der Waals surface area contributed by atoms with Gasteiger partial charge in [0.05, 0.1) is 11.4 Å². The van der Waals surface area contributed by atoms with Crippen LogP contribution in [0.25, 0.3) is 11.4 Å². The van der Waals surface area contributed by atoms with Gasteiger partial charge in [0.1, 0.15) is 5.82 Å². The highest BCUT2D eigenvalue weighted by Gasteiger charge is 2.20. The lowest BCUT2D eigenvalue weighted by molar-refractivity contribution is 0.187. The summed E-state index contributed by atoms with van der Waals surface area (Å²) in [6, 6.07) is 7.67. The number of H-pyrrole nitrogens is 2. The molecule has 10 heteroatoms. The molecule has 0 saturated carbocycles. The zero-order valence-electron chi connectivity index (χ0n) is 20.4. The van der Waals surface area contributed by atoms with Crippen molar-refractivity contribution in [3.05, 3.63) is 60.0 Å². The predicted molar refractivity (Wildman–Crippen MR) is 140 cm³/mol. The molecule has 0 saturated heterocycles. The number of unbranched alkanes of at least 4 members (excludes halogenated alkanes) is 7. The van der Waals surface area contributed by atoms with Crippen molar-refractivity contribution in [3.8, 4) is 11.4 Å². The van der Waals surface area contributed by atoms with Gasteiger partial charge in [0.2, 0.25) is 0 Å². The second-order valence-electron chi connectivity index (χ2n) is 8.48. The maximum absolute atomic E-state index is 11.2. The topological polar surface area (TPSA) is 129 Å². The van der Waals surface area contributed by atoms with E-state index in [1.54, 1.807) is 11.8 Å². The van der Waals surface area contributed by atoms with Gasteiger partial charge >= 0.3 is 0 Å². The minimum absolute atomic E-state index is 0.128. The van der Waals surface area contributed by atoms with Crippen LogP contribution in [0.1, 0.15) is 75.8 Å². The van der Waals surface area contributed by atoms with Gasteiger partial charge in [0.25, 0.3) is 0 Å². The number of aromatic amines is 2. The summed E-state index contributed by atoms with van der Waals surface area (Å²) < 4.78 is 0. The summed E-state index contributed by atoms with van der Waals surface area (Å²) in [5, 5.41) is 39.1. The van der Waals surface area contributed by atoms with E-state index < -0.39 is 6.10 Å². The Hall–Kier alpha value is -2.85. The van der Waals surface area contributed by atoms with Gasteiger partial charge in [-0.3, -0.25) is 0 Å². The van der Waals surface area contributed by atoms with E-state index in [1.807, 2.05) is 30.3 Å². The molecule has 0 spiro atoms. The van der Waals surface area contributed by atoms with E-state index in [1.165, 1.54) is 44.9 Å². The molecule has 0 aliphatic carbocycles. The van der Waals surface area contributed by atoms with Gasteiger partial charge in [-0.15, -0.1) is 10.2 Å². The lowest BCUT2D eigenvalue weighted by atomic mass is 10.0. The van der Waals surface area contributed by atoms with Crippen LogP contribution in [0, 0.1) is 0 Å². The zero-order chi connectivity index (χ0) is 24.6. The molecule has 3 N–H and O–H groups in total.